The number of likely N-dealkylation sites (tertiary alicyclic amines) is 1. The molecule has 0 radical (unpaired) electrons. The Labute approximate surface area is 144 Å². The quantitative estimate of drug-likeness (QED) is 0.870. The van der Waals surface area contributed by atoms with Gasteiger partial charge in [0.25, 0.3) is 0 Å². The van der Waals surface area contributed by atoms with Gasteiger partial charge in [0.2, 0.25) is 5.91 Å². The third-order valence-corrected chi connectivity index (χ3v) is 4.79. The molecule has 5 nitrogen and oxygen atoms in total. The molecule has 2 aliphatic heterocycles. The molecule has 132 valence electrons. The summed E-state index contributed by atoms with van der Waals surface area (Å²) in [5, 5.41) is 3.10. The van der Waals surface area contributed by atoms with Crippen LogP contribution in [-0.4, -0.2) is 43.2 Å². The molecule has 2 atom stereocenters. The first-order chi connectivity index (χ1) is 11.7. The van der Waals surface area contributed by atoms with Crippen molar-refractivity contribution in [3.8, 4) is 11.5 Å². The molecule has 1 fully saturated rings. The lowest BCUT2D eigenvalue weighted by atomic mass is 10.0. The van der Waals surface area contributed by atoms with Crippen LogP contribution in [-0.2, 0) is 4.79 Å². The molecule has 2 aliphatic rings. The number of nitrogens with zero attached hydrogens (tertiary/aromatic N) is 1. The number of hydrogen-bond donors (Lipinski definition) is 1. The van der Waals surface area contributed by atoms with Crippen LogP contribution in [0.4, 0.5) is 0 Å². The number of benzene rings is 1. The van der Waals surface area contributed by atoms with Gasteiger partial charge in [-0.1, -0.05) is 19.4 Å². The Hall–Kier alpha value is -1.75. The van der Waals surface area contributed by atoms with E-state index in [2.05, 4.69) is 36.2 Å². The van der Waals surface area contributed by atoms with E-state index in [9.17, 15) is 4.79 Å². The van der Waals surface area contributed by atoms with Crippen LogP contribution in [0, 0.1) is 0 Å². The summed E-state index contributed by atoms with van der Waals surface area (Å²) in [5.41, 5.74) is 1.21. The molecule has 24 heavy (non-hydrogen) atoms. The lowest BCUT2D eigenvalue weighted by molar-refractivity contribution is -0.123. The van der Waals surface area contributed by atoms with Gasteiger partial charge in [0.1, 0.15) is 13.2 Å². The van der Waals surface area contributed by atoms with E-state index in [0.717, 1.165) is 43.7 Å². The molecular weight excluding hydrogens is 304 g/mol. The molecule has 0 bridgehead atoms. The number of carbonyl (C=O) groups excluding carboxylic acids is 1. The van der Waals surface area contributed by atoms with Crippen LogP contribution in [0.3, 0.4) is 0 Å². The Balaban J connectivity index is 1.64. The van der Waals surface area contributed by atoms with Crippen molar-refractivity contribution in [1.29, 1.82) is 0 Å². The second kappa shape index (κ2) is 7.88. The molecule has 0 spiro atoms. The lowest BCUT2D eigenvalue weighted by Crippen LogP contribution is -2.40. The van der Waals surface area contributed by atoms with Crippen LogP contribution in [0.15, 0.2) is 18.2 Å². The third kappa shape index (κ3) is 4.01. The summed E-state index contributed by atoms with van der Waals surface area (Å²) in [4.78, 5) is 14.6. The van der Waals surface area contributed by atoms with Crippen molar-refractivity contribution in [2.75, 3.05) is 26.3 Å². The molecule has 1 N–H and O–H groups in total. The number of carbonyl (C=O) groups is 1. The minimum absolute atomic E-state index is 0.125. The van der Waals surface area contributed by atoms with Crippen molar-refractivity contribution < 1.29 is 14.3 Å². The normalized spacial score (nSPS) is 21.5. The highest BCUT2D eigenvalue weighted by atomic mass is 16.6. The van der Waals surface area contributed by atoms with Gasteiger partial charge in [0.15, 0.2) is 11.5 Å². The number of rotatable bonds is 6. The zero-order valence-corrected chi connectivity index (χ0v) is 14.7. The van der Waals surface area contributed by atoms with Gasteiger partial charge in [-0.15, -0.1) is 0 Å². The van der Waals surface area contributed by atoms with Crippen LogP contribution >= 0.6 is 0 Å². The molecule has 2 heterocycles. The molecule has 5 heteroatoms. The van der Waals surface area contributed by atoms with Crippen LogP contribution in [0.1, 0.15) is 51.1 Å². The van der Waals surface area contributed by atoms with E-state index in [1.165, 1.54) is 5.56 Å². The largest absolute Gasteiger partial charge is 0.486 e. The highest BCUT2D eigenvalue weighted by molar-refractivity contribution is 5.78. The van der Waals surface area contributed by atoms with Gasteiger partial charge < -0.3 is 14.8 Å². The van der Waals surface area contributed by atoms with E-state index in [1.807, 2.05) is 6.07 Å². The van der Waals surface area contributed by atoms with E-state index < -0.39 is 0 Å². The highest BCUT2D eigenvalue weighted by Gasteiger charge is 2.28. The van der Waals surface area contributed by atoms with E-state index in [4.69, 9.17) is 9.47 Å². The number of hydrogen-bond acceptors (Lipinski definition) is 4. The maximum atomic E-state index is 12.3. The molecule has 1 aromatic carbocycles. The Morgan fingerprint density at radius 3 is 2.92 bits per heavy atom. The summed E-state index contributed by atoms with van der Waals surface area (Å²) < 4.78 is 11.3. The molecule has 3 rings (SSSR count). The van der Waals surface area contributed by atoms with Gasteiger partial charge in [0.05, 0.1) is 6.54 Å². The minimum atomic E-state index is 0.125. The Bertz CT molecular complexity index is 576. The summed E-state index contributed by atoms with van der Waals surface area (Å²) in [7, 11) is 0. The molecular formula is C19H28N2O3. The zero-order valence-electron chi connectivity index (χ0n) is 14.7. The van der Waals surface area contributed by atoms with Crippen molar-refractivity contribution in [1.82, 2.24) is 10.2 Å². The molecule has 0 unspecified atom stereocenters. The third-order valence-electron chi connectivity index (χ3n) is 4.79. The number of fused-ring (bicyclic) bond motifs is 1. The molecule has 0 aromatic heterocycles. The minimum Gasteiger partial charge on any atom is -0.486 e. The van der Waals surface area contributed by atoms with Crippen LogP contribution in [0.2, 0.25) is 0 Å². The van der Waals surface area contributed by atoms with Gasteiger partial charge in [-0.2, -0.15) is 0 Å². The summed E-state index contributed by atoms with van der Waals surface area (Å²) >= 11 is 0. The molecule has 0 saturated carbocycles. The van der Waals surface area contributed by atoms with Gasteiger partial charge >= 0.3 is 0 Å². The molecule has 1 saturated heterocycles. The summed E-state index contributed by atoms with van der Waals surface area (Å²) in [6.07, 6.45) is 4.32. The average Bonchev–Trinajstić information content (AvgIpc) is 3.02. The smallest absolute Gasteiger partial charge is 0.234 e. The fourth-order valence-electron chi connectivity index (χ4n) is 3.67. The Kier molecular flexibility index (Phi) is 5.61. The standard InChI is InChI=1S/C19H28N2O3/c1-3-5-14(2)20-19(22)13-21-9-4-6-16(21)15-7-8-17-18(12-15)24-11-10-23-17/h7-8,12,14,16H,3-6,9-11,13H2,1-2H3,(H,20,22)/t14-,16+/m1/s1. The van der Waals surface area contributed by atoms with Gasteiger partial charge in [0, 0.05) is 12.1 Å². The second-order valence-electron chi connectivity index (χ2n) is 6.79. The summed E-state index contributed by atoms with van der Waals surface area (Å²) in [6.45, 7) is 6.85. The maximum Gasteiger partial charge on any atom is 0.234 e. The van der Waals surface area contributed by atoms with Crippen LogP contribution < -0.4 is 14.8 Å². The fraction of sp³-hybridized carbons (Fsp3) is 0.632. The van der Waals surface area contributed by atoms with Gasteiger partial charge in [-0.05, 0) is 50.4 Å². The number of amides is 1. The van der Waals surface area contributed by atoms with E-state index in [-0.39, 0.29) is 18.0 Å². The number of ether oxygens (including phenoxy) is 2. The van der Waals surface area contributed by atoms with Crippen molar-refractivity contribution in [3.05, 3.63) is 23.8 Å². The summed E-state index contributed by atoms with van der Waals surface area (Å²) in [6, 6.07) is 6.71. The monoisotopic (exact) mass is 332 g/mol. The second-order valence-corrected chi connectivity index (χ2v) is 6.79. The summed E-state index contributed by atoms with van der Waals surface area (Å²) in [5.74, 6) is 1.77. The number of nitrogens with one attached hydrogen (secondary N) is 1. The lowest BCUT2D eigenvalue weighted by Gasteiger charge is -2.26. The van der Waals surface area contributed by atoms with Crippen LogP contribution in [0.25, 0.3) is 0 Å². The zero-order chi connectivity index (χ0) is 16.9. The first-order valence-corrected chi connectivity index (χ1v) is 9.10. The van der Waals surface area contributed by atoms with Crippen molar-refractivity contribution >= 4 is 5.91 Å². The average molecular weight is 332 g/mol. The highest BCUT2D eigenvalue weighted by Crippen LogP contribution is 2.37. The van der Waals surface area contributed by atoms with Crippen LogP contribution in [0.5, 0.6) is 11.5 Å². The molecule has 1 amide bonds. The van der Waals surface area contributed by atoms with Crippen molar-refractivity contribution in [2.24, 2.45) is 0 Å². The fourth-order valence-corrected chi connectivity index (χ4v) is 3.67. The molecule has 1 aromatic rings. The topological polar surface area (TPSA) is 50.8 Å². The van der Waals surface area contributed by atoms with Gasteiger partial charge in [-0.3, -0.25) is 9.69 Å². The first kappa shape index (κ1) is 17.1. The van der Waals surface area contributed by atoms with Crippen molar-refractivity contribution in [2.45, 2.75) is 51.6 Å². The predicted octanol–water partition coefficient (Wildman–Crippen LogP) is 2.90. The molecule has 0 aliphatic carbocycles. The first-order valence-electron chi connectivity index (χ1n) is 9.10. The predicted molar refractivity (Wildman–Crippen MR) is 93.5 cm³/mol. The van der Waals surface area contributed by atoms with Crippen molar-refractivity contribution in [3.63, 3.8) is 0 Å². The SMILES string of the molecule is CCC[C@@H](C)NC(=O)CN1CCC[C@H]1c1ccc2c(c1)OCCO2. The van der Waals surface area contributed by atoms with E-state index >= 15 is 0 Å². The Morgan fingerprint density at radius 2 is 2.12 bits per heavy atom. The van der Waals surface area contributed by atoms with E-state index in [1.54, 1.807) is 0 Å². The maximum absolute atomic E-state index is 12.3. The van der Waals surface area contributed by atoms with Gasteiger partial charge in [-0.25, -0.2) is 0 Å². The van der Waals surface area contributed by atoms with E-state index in [0.29, 0.717) is 19.8 Å². The Morgan fingerprint density at radius 1 is 1.33 bits per heavy atom.